The van der Waals surface area contributed by atoms with E-state index in [9.17, 15) is 4.79 Å². The van der Waals surface area contributed by atoms with Gasteiger partial charge in [-0.3, -0.25) is 4.79 Å². The minimum absolute atomic E-state index is 0.0603. The molecule has 0 atom stereocenters. The van der Waals surface area contributed by atoms with Crippen LogP contribution in [0, 0.1) is 11.8 Å². The van der Waals surface area contributed by atoms with E-state index in [1.807, 2.05) is 36.4 Å². The molecule has 1 heterocycles. The Morgan fingerprint density at radius 1 is 1.12 bits per heavy atom. The highest BCUT2D eigenvalue weighted by atomic mass is 79.9. The molecule has 0 N–H and O–H groups in total. The zero-order valence-corrected chi connectivity index (χ0v) is 10.6. The van der Waals surface area contributed by atoms with E-state index in [0.717, 1.165) is 5.56 Å². The maximum absolute atomic E-state index is 11.7. The number of halogens is 1. The van der Waals surface area contributed by atoms with Crippen LogP contribution in [0.3, 0.4) is 0 Å². The van der Waals surface area contributed by atoms with E-state index in [1.54, 1.807) is 16.8 Å². The molecule has 2 nitrogen and oxygen atoms in total. The summed E-state index contributed by atoms with van der Waals surface area (Å²) in [5.74, 6) is 5.99. The smallest absolute Gasteiger partial charge is 0.265 e. The Morgan fingerprint density at radius 3 is 2.65 bits per heavy atom. The first-order valence-electron chi connectivity index (χ1n) is 5.16. The largest absolute Gasteiger partial charge is 0.303 e. The van der Waals surface area contributed by atoms with Gasteiger partial charge in [-0.15, -0.1) is 0 Å². The minimum atomic E-state index is -0.0603. The van der Waals surface area contributed by atoms with Crippen molar-refractivity contribution in [2.24, 2.45) is 0 Å². The van der Waals surface area contributed by atoms with Gasteiger partial charge in [0.25, 0.3) is 5.56 Å². The zero-order valence-electron chi connectivity index (χ0n) is 9.06. The molecular weight excluding hydrogens is 278 g/mol. The Morgan fingerprint density at radius 2 is 1.88 bits per heavy atom. The van der Waals surface area contributed by atoms with Gasteiger partial charge >= 0.3 is 0 Å². The van der Waals surface area contributed by atoms with E-state index >= 15 is 0 Å². The van der Waals surface area contributed by atoms with Crippen LogP contribution in [0.4, 0.5) is 0 Å². The number of benzene rings is 1. The van der Waals surface area contributed by atoms with E-state index in [0.29, 0.717) is 11.0 Å². The standard InChI is InChI=1S/C14H10BrNO/c15-13-9-5-11-16(14(13)17)10-4-8-12-6-2-1-3-7-12/h1-3,5-7,9,11H,10H2. The van der Waals surface area contributed by atoms with Crippen molar-refractivity contribution in [2.45, 2.75) is 6.54 Å². The van der Waals surface area contributed by atoms with Gasteiger partial charge in [-0.25, -0.2) is 0 Å². The summed E-state index contributed by atoms with van der Waals surface area (Å²) in [5, 5.41) is 0. The van der Waals surface area contributed by atoms with Gasteiger partial charge in [0.1, 0.15) is 0 Å². The minimum Gasteiger partial charge on any atom is -0.303 e. The van der Waals surface area contributed by atoms with Gasteiger partial charge in [-0.2, -0.15) is 0 Å². The molecule has 0 fully saturated rings. The molecule has 0 unspecified atom stereocenters. The first-order valence-corrected chi connectivity index (χ1v) is 5.95. The summed E-state index contributed by atoms with van der Waals surface area (Å²) in [4.78, 5) is 11.7. The molecule has 0 spiro atoms. The van der Waals surface area contributed by atoms with Crippen LogP contribution in [0.1, 0.15) is 5.56 Å². The topological polar surface area (TPSA) is 22.0 Å². The summed E-state index contributed by atoms with van der Waals surface area (Å²) < 4.78 is 2.13. The summed E-state index contributed by atoms with van der Waals surface area (Å²) in [6, 6.07) is 13.3. The highest BCUT2D eigenvalue weighted by Gasteiger charge is 1.96. The lowest BCUT2D eigenvalue weighted by molar-refractivity contribution is 0.790. The highest BCUT2D eigenvalue weighted by molar-refractivity contribution is 9.10. The van der Waals surface area contributed by atoms with E-state index in [-0.39, 0.29) is 5.56 Å². The van der Waals surface area contributed by atoms with Crippen molar-refractivity contribution in [1.82, 2.24) is 4.57 Å². The number of pyridine rings is 1. The Labute approximate surface area is 108 Å². The fraction of sp³-hybridized carbons (Fsp3) is 0.0714. The average molecular weight is 288 g/mol. The Hall–Kier alpha value is -1.79. The van der Waals surface area contributed by atoms with Gasteiger partial charge in [0, 0.05) is 11.8 Å². The molecule has 0 aliphatic rings. The summed E-state index contributed by atoms with van der Waals surface area (Å²) in [6.07, 6.45) is 1.73. The second-order valence-corrected chi connectivity index (χ2v) is 4.31. The number of aromatic nitrogens is 1. The number of hydrogen-bond donors (Lipinski definition) is 0. The lowest BCUT2D eigenvalue weighted by Gasteiger charge is -1.99. The van der Waals surface area contributed by atoms with Crippen LogP contribution >= 0.6 is 15.9 Å². The van der Waals surface area contributed by atoms with Crippen LogP contribution in [0.5, 0.6) is 0 Å². The Balaban J connectivity index is 2.16. The third kappa shape index (κ3) is 3.08. The fourth-order valence-corrected chi connectivity index (χ4v) is 1.76. The van der Waals surface area contributed by atoms with Crippen LogP contribution in [0.15, 0.2) is 57.9 Å². The summed E-state index contributed by atoms with van der Waals surface area (Å²) in [5.41, 5.74) is 0.894. The van der Waals surface area contributed by atoms with E-state index in [1.165, 1.54) is 0 Å². The second-order valence-electron chi connectivity index (χ2n) is 3.46. The van der Waals surface area contributed by atoms with E-state index < -0.39 is 0 Å². The maximum atomic E-state index is 11.7. The number of rotatable bonds is 1. The molecule has 2 rings (SSSR count). The average Bonchev–Trinajstić information content (AvgIpc) is 2.36. The van der Waals surface area contributed by atoms with E-state index in [4.69, 9.17) is 0 Å². The number of hydrogen-bond acceptors (Lipinski definition) is 1. The van der Waals surface area contributed by atoms with Gasteiger partial charge in [-0.1, -0.05) is 30.0 Å². The molecule has 84 valence electrons. The van der Waals surface area contributed by atoms with Crippen LogP contribution in [0.25, 0.3) is 0 Å². The quantitative estimate of drug-likeness (QED) is 0.739. The molecule has 0 aliphatic carbocycles. The van der Waals surface area contributed by atoms with Gasteiger partial charge < -0.3 is 4.57 Å². The van der Waals surface area contributed by atoms with Crippen molar-refractivity contribution < 1.29 is 0 Å². The molecule has 0 amide bonds. The third-order valence-electron chi connectivity index (χ3n) is 2.23. The maximum Gasteiger partial charge on any atom is 0.265 e. The highest BCUT2D eigenvalue weighted by Crippen LogP contribution is 2.00. The van der Waals surface area contributed by atoms with Crippen LogP contribution in [-0.4, -0.2) is 4.57 Å². The van der Waals surface area contributed by atoms with Gasteiger partial charge in [0.05, 0.1) is 11.0 Å². The number of nitrogens with zero attached hydrogens (tertiary/aromatic N) is 1. The van der Waals surface area contributed by atoms with E-state index in [2.05, 4.69) is 27.8 Å². The molecule has 17 heavy (non-hydrogen) atoms. The normalized spacial score (nSPS) is 9.47. The van der Waals surface area contributed by atoms with Crippen molar-refractivity contribution in [1.29, 1.82) is 0 Å². The molecule has 2 aromatic rings. The van der Waals surface area contributed by atoms with Gasteiger partial charge in [0.15, 0.2) is 0 Å². The monoisotopic (exact) mass is 287 g/mol. The third-order valence-corrected chi connectivity index (χ3v) is 2.83. The van der Waals surface area contributed by atoms with Crippen molar-refractivity contribution in [3.05, 3.63) is 69.1 Å². The molecule has 0 bridgehead atoms. The zero-order chi connectivity index (χ0) is 12.1. The van der Waals surface area contributed by atoms with Crippen LogP contribution < -0.4 is 5.56 Å². The molecule has 0 aliphatic heterocycles. The molecular formula is C14H10BrNO. The van der Waals surface area contributed by atoms with Crippen molar-refractivity contribution in [3.63, 3.8) is 0 Å². The van der Waals surface area contributed by atoms with Crippen molar-refractivity contribution in [3.8, 4) is 11.8 Å². The predicted molar refractivity (Wildman–Crippen MR) is 71.7 cm³/mol. The van der Waals surface area contributed by atoms with Gasteiger partial charge in [-0.05, 0) is 40.2 Å². The molecule has 1 aromatic heterocycles. The first-order chi connectivity index (χ1) is 8.27. The molecule has 3 heteroatoms. The SMILES string of the molecule is O=c1c(Br)cccn1CC#Cc1ccccc1. The molecule has 0 saturated heterocycles. The van der Waals surface area contributed by atoms with Crippen molar-refractivity contribution >= 4 is 15.9 Å². The van der Waals surface area contributed by atoms with Crippen molar-refractivity contribution in [2.75, 3.05) is 0 Å². The molecule has 1 aromatic carbocycles. The van der Waals surface area contributed by atoms with Crippen LogP contribution in [0.2, 0.25) is 0 Å². The lowest BCUT2D eigenvalue weighted by atomic mass is 10.2. The summed E-state index contributed by atoms with van der Waals surface area (Å²) in [6.45, 7) is 0.396. The summed E-state index contributed by atoms with van der Waals surface area (Å²) in [7, 11) is 0. The Bertz CT molecular complexity index is 620. The van der Waals surface area contributed by atoms with Crippen LogP contribution in [-0.2, 0) is 6.54 Å². The molecule has 0 saturated carbocycles. The first kappa shape index (κ1) is 11.7. The van der Waals surface area contributed by atoms with Gasteiger partial charge in [0.2, 0.25) is 0 Å². The Kier molecular flexibility index (Phi) is 3.79. The molecule has 0 radical (unpaired) electrons. The second kappa shape index (κ2) is 5.51. The predicted octanol–water partition coefficient (Wildman–Crippen LogP) is 2.66. The lowest BCUT2D eigenvalue weighted by Crippen LogP contribution is -2.18. The fourth-order valence-electron chi connectivity index (χ4n) is 1.38. The summed E-state index contributed by atoms with van der Waals surface area (Å²) >= 11 is 3.20.